The summed E-state index contributed by atoms with van der Waals surface area (Å²) in [6, 6.07) is 0. The molecule has 0 aromatic rings. The van der Waals surface area contributed by atoms with Crippen molar-refractivity contribution in [2.45, 2.75) is 32.1 Å². The summed E-state index contributed by atoms with van der Waals surface area (Å²) in [5.74, 6) is 0.862. The molecule has 0 unspecified atom stereocenters. The number of nitrogens with one attached hydrogen (secondary N) is 1. The van der Waals surface area contributed by atoms with Crippen LogP contribution >= 0.6 is 0 Å². The molecule has 1 nitrogen and oxygen atoms in total. The van der Waals surface area contributed by atoms with Crippen LogP contribution in [0.5, 0.6) is 0 Å². The van der Waals surface area contributed by atoms with Crippen LogP contribution in [0.25, 0.3) is 0 Å². The van der Waals surface area contributed by atoms with Gasteiger partial charge in [-0.3, -0.25) is 0 Å². The van der Waals surface area contributed by atoms with Crippen molar-refractivity contribution in [3.05, 3.63) is 12.3 Å². The zero-order valence-electron chi connectivity index (χ0n) is 6.77. The standard InChI is InChI=1S/C9H17N/c1-10-8-7-9-5-3-2-4-6-9/h7-10H,2-6H2,1H3. The summed E-state index contributed by atoms with van der Waals surface area (Å²) >= 11 is 0. The molecule has 0 heterocycles. The van der Waals surface area contributed by atoms with Crippen molar-refractivity contribution in [2.24, 2.45) is 5.92 Å². The first kappa shape index (κ1) is 7.64. The van der Waals surface area contributed by atoms with Gasteiger partial charge in [-0.2, -0.15) is 0 Å². The van der Waals surface area contributed by atoms with Gasteiger partial charge in [-0.15, -0.1) is 0 Å². The van der Waals surface area contributed by atoms with E-state index in [1.54, 1.807) is 0 Å². The molecular formula is C9H17N. The first-order valence-corrected chi connectivity index (χ1v) is 4.27. The van der Waals surface area contributed by atoms with Gasteiger partial charge < -0.3 is 5.32 Å². The van der Waals surface area contributed by atoms with Gasteiger partial charge in [-0.25, -0.2) is 0 Å². The SMILES string of the molecule is CNC=CC1CCCCC1. The lowest BCUT2D eigenvalue weighted by molar-refractivity contribution is 0.418. The van der Waals surface area contributed by atoms with E-state index >= 15 is 0 Å². The fourth-order valence-corrected chi connectivity index (χ4v) is 1.56. The van der Waals surface area contributed by atoms with Crippen molar-refractivity contribution in [1.29, 1.82) is 0 Å². The molecule has 0 spiro atoms. The molecule has 0 aromatic heterocycles. The van der Waals surface area contributed by atoms with Crippen molar-refractivity contribution in [1.82, 2.24) is 5.32 Å². The van der Waals surface area contributed by atoms with Gasteiger partial charge in [0.15, 0.2) is 0 Å². The van der Waals surface area contributed by atoms with Crippen molar-refractivity contribution in [3.8, 4) is 0 Å². The highest BCUT2D eigenvalue weighted by Crippen LogP contribution is 2.23. The van der Waals surface area contributed by atoms with Crippen LogP contribution in [0.1, 0.15) is 32.1 Å². The molecule has 0 bridgehead atoms. The van der Waals surface area contributed by atoms with E-state index in [9.17, 15) is 0 Å². The molecule has 1 saturated carbocycles. The molecule has 0 aliphatic heterocycles. The third-order valence-corrected chi connectivity index (χ3v) is 2.18. The highest BCUT2D eigenvalue weighted by atomic mass is 14.8. The second-order valence-electron chi connectivity index (χ2n) is 3.05. The van der Waals surface area contributed by atoms with Gasteiger partial charge in [-0.05, 0) is 25.0 Å². The second-order valence-corrected chi connectivity index (χ2v) is 3.05. The second kappa shape index (κ2) is 4.37. The normalized spacial score (nSPS) is 21.7. The van der Waals surface area contributed by atoms with E-state index in [4.69, 9.17) is 0 Å². The molecule has 1 fully saturated rings. The van der Waals surface area contributed by atoms with E-state index in [-0.39, 0.29) is 0 Å². The summed E-state index contributed by atoms with van der Waals surface area (Å²) in [6.07, 6.45) is 11.5. The van der Waals surface area contributed by atoms with Gasteiger partial charge in [0.1, 0.15) is 0 Å². The van der Waals surface area contributed by atoms with Gasteiger partial charge in [0.2, 0.25) is 0 Å². The molecule has 1 rings (SSSR count). The molecule has 10 heavy (non-hydrogen) atoms. The molecule has 1 aliphatic rings. The summed E-state index contributed by atoms with van der Waals surface area (Å²) in [7, 11) is 1.96. The number of hydrogen-bond acceptors (Lipinski definition) is 1. The van der Waals surface area contributed by atoms with E-state index in [2.05, 4.69) is 17.6 Å². The Morgan fingerprint density at radius 1 is 1.20 bits per heavy atom. The van der Waals surface area contributed by atoms with Crippen LogP contribution in [0.2, 0.25) is 0 Å². The van der Waals surface area contributed by atoms with Crippen molar-refractivity contribution >= 4 is 0 Å². The van der Waals surface area contributed by atoms with E-state index in [0.717, 1.165) is 5.92 Å². The summed E-state index contributed by atoms with van der Waals surface area (Å²) in [5.41, 5.74) is 0. The van der Waals surface area contributed by atoms with Crippen LogP contribution < -0.4 is 5.32 Å². The molecular weight excluding hydrogens is 122 g/mol. The van der Waals surface area contributed by atoms with E-state index in [1.165, 1.54) is 32.1 Å². The average molecular weight is 139 g/mol. The van der Waals surface area contributed by atoms with Gasteiger partial charge in [0.05, 0.1) is 0 Å². The van der Waals surface area contributed by atoms with E-state index < -0.39 is 0 Å². The Morgan fingerprint density at radius 3 is 2.50 bits per heavy atom. The van der Waals surface area contributed by atoms with Crippen LogP contribution in [0.3, 0.4) is 0 Å². The van der Waals surface area contributed by atoms with Crippen LogP contribution in [0.4, 0.5) is 0 Å². The Hall–Kier alpha value is -0.460. The quantitative estimate of drug-likeness (QED) is 0.619. The lowest BCUT2D eigenvalue weighted by Gasteiger charge is -2.17. The Balaban J connectivity index is 2.19. The van der Waals surface area contributed by atoms with Gasteiger partial charge in [0.25, 0.3) is 0 Å². The smallest absolute Gasteiger partial charge is 0.00276 e. The molecule has 0 atom stereocenters. The van der Waals surface area contributed by atoms with Gasteiger partial charge in [0, 0.05) is 7.05 Å². The molecule has 1 heteroatoms. The third-order valence-electron chi connectivity index (χ3n) is 2.18. The van der Waals surface area contributed by atoms with Crippen LogP contribution in [0.15, 0.2) is 12.3 Å². The Kier molecular flexibility index (Phi) is 3.34. The number of rotatable bonds is 2. The maximum absolute atomic E-state index is 3.03. The Morgan fingerprint density at radius 2 is 1.90 bits per heavy atom. The minimum Gasteiger partial charge on any atom is -0.394 e. The first-order valence-electron chi connectivity index (χ1n) is 4.27. The Labute approximate surface area is 63.5 Å². The largest absolute Gasteiger partial charge is 0.394 e. The summed E-state index contributed by atoms with van der Waals surface area (Å²) in [5, 5.41) is 3.03. The topological polar surface area (TPSA) is 12.0 Å². The first-order chi connectivity index (χ1) is 4.93. The molecule has 58 valence electrons. The monoisotopic (exact) mass is 139 g/mol. The van der Waals surface area contributed by atoms with Crippen LogP contribution in [0, 0.1) is 5.92 Å². The molecule has 1 aliphatic carbocycles. The summed E-state index contributed by atoms with van der Waals surface area (Å²) < 4.78 is 0. The van der Waals surface area contributed by atoms with Crippen LogP contribution in [-0.2, 0) is 0 Å². The fourth-order valence-electron chi connectivity index (χ4n) is 1.56. The van der Waals surface area contributed by atoms with E-state index in [0.29, 0.717) is 0 Å². The predicted octanol–water partition coefficient (Wildman–Crippen LogP) is 2.30. The molecule has 0 amide bonds. The molecule has 0 aromatic carbocycles. The number of allylic oxidation sites excluding steroid dienone is 1. The maximum atomic E-state index is 3.03. The van der Waals surface area contributed by atoms with Crippen molar-refractivity contribution < 1.29 is 0 Å². The molecule has 1 N–H and O–H groups in total. The zero-order chi connectivity index (χ0) is 7.23. The number of hydrogen-bond donors (Lipinski definition) is 1. The lowest BCUT2D eigenvalue weighted by atomic mass is 9.89. The zero-order valence-corrected chi connectivity index (χ0v) is 6.77. The summed E-state index contributed by atoms with van der Waals surface area (Å²) in [4.78, 5) is 0. The Bertz CT molecular complexity index is 101. The van der Waals surface area contributed by atoms with Crippen molar-refractivity contribution in [3.63, 3.8) is 0 Å². The lowest BCUT2D eigenvalue weighted by Crippen LogP contribution is -2.04. The predicted molar refractivity (Wildman–Crippen MR) is 44.8 cm³/mol. The average Bonchev–Trinajstić information content (AvgIpc) is 2.03. The summed E-state index contributed by atoms with van der Waals surface area (Å²) in [6.45, 7) is 0. The highest BCUT2D eigenvalue weighted by Gasteiger charge is 2.08. The molecule has 0 radical (unpaired) electrons. The van der Waals surface area contributed by atoms with E-state index in [1.807, 2.05) is 7.05 Å². The molecule has 0 saturated heterocycles. The minimum atomic E-state index is 0.862. The van der Waals surface area contributed by atoms with Crippen molar-refractivity contribution in [2.75, 3.05) is 7.05 Å². The maximum Gasteiger partial charge on any atom is 0.00276 e. The minimum absolute atomic E-state index is 0.862. The van der Waals surface area contributed by atoms with Crippen LogP contribution in [-0.4, -0.2) is 7.05 Å². The highest BCUT2D eigenvalue weighted by molar-refractivity contribution is 4.87. The third kappa shape index (κ3) is 2.42. The van der Waals surface area contributed by atoms with Gasteiger partial charge >= 0.3 is 0 Å². The fraction of sp³-hybridized carbons (Fsp3) is 0.778. The van der Waals surface area contributed by atoms with Gasteiger partial charge in [-0.1, -0.05) is 25.3 Å².